The summed E-state index contributed by atoms with van der Waals surface area (Å²) in [7, 11) is 0. The normalized spacial score (nSPS) is 10.5. The fraction of sp³-hybridized carbons (Fsp3) is 0.286. The maximum Gasteiger partial charge on any atom is 0.187 e. The number of hydrogen-bond acceptors (Lipinski definition) is 3. The average molecular weight is 277 g/mol. The van der Waals surface area contributed by atoms with Crippen LogP contribution in [0.4, 0.5) is 0 Å². The van der Waals surface area contributed by atoms with E-state index in [-0.39, 0.29) is 6.04 Å². The van der Waals surface area contributed by atoms with E-state index >= 15 is 0 Å². The molecule has 0 heterocycles. The third-order valence-corrected chi connectivity index (χ3v) is 2.23. The standard InChI is InChI=1S/C14H19N3OS/c1-4-8-18-13-7-5-6-12(9-13)10-15-17-14(19)16-11(2)3/h4-7,9-11H,1,8H2,2-3H3,(H2,16,17,19)/b15-10-. The number of benzene rings is 1. The van der Waals surface area contributed by atoms with Gasteiger partial charge in [-0.3, -0.25) is 5.43 Å². The molecule has 0 bridgehead atoms. The Labute approximate surface area is 119 Å². The highest BCUT2D eigenvalue weighted by atomic mass is 32.1. The van der Waals surface area contributed by atoms with Crippen LogP contribution in [0.15, 0.2) is 42.0 Å². The van der Waals surface area contributed by atoms with E-state index in [0.29, 0.717) is 11.7 Å². The van der Waals surface area contributed by atoms with Gasteiger partial charge in [-0.25, -0.2) is 0 Å². The van der Waals surface area contributed by atoms with Crippen molar-refractivity contribution in [3.8, 4) is 5.75 Å². The Morgan fingerprint density at radius 3 is 3.00 bits per heavy atom. The Bertz CT molecular complexity index is 458. The van der Waals surface area contributed by atoms with Crippen LogP contribution in [0.2, 0.25) is 0 Å². The zero-order valence-electron chi connectivity index (χ0n) is 11.2. The lowest BCUT2D eigenvalue weighted by molar-refractivity contribution is 0.363. The van der Waals surface area contributed by atoms with Gasteiger partial charge >= 0.3 is 0 Å². The molecule has 0 aliphatic rings. The first-order valence-corrected chi connectivity index (χ1v) is 6.46. The maximum atomic E-state index is 5.44. The SMILES string of the molecule is C=CCOc1cccc(/C=N\NC(=S)NC(C)C)c1. The molecule has 4 nitrogen and oxygen atoms in total. The van der Waals surface area contributed by atoms with Gasteiger partial charge in [-0.2, -0.15) is 5.10 Å². The van der Waals surface area contributed by atoms with Crippen molar-refractivity contribution in [1.82, 2.24) is 10.7 Å². The van der Waals surface area contributed by atoms with Crippen molar-refractivity contribution in [3.05, 3.63) is 42.5 Å². The smallest absolute Gasteiger partial charge is 0.187 e. The third kappa shape index (κ3) is 6.57. The molecule has 0 fully saturated rings. The Balaban J connectivity index is 2.51. The van der Waals surface area contributed by atoms with E-state index in [9.17, 15) is 0 Å². The number of rotatable bonds is 6. The van der Waals surface area contributed by atoms with Crippen molar-refractivity contribution in [2.75, 3.05) is 6.61 Å². The van der Waals surface area contributed by atoms with Gasteiger partial charge < -0.3 is 10.1 Å². The molecule has 1 aromatic rings. The van der Waals surface area contributed by atoms with Crippen molar-refractivity contribution in [3.63, 3.8) is 0 Å². The predicted octanol–water partition coefficient (Wildman–Crippen LogP) is 2.46. The number of nitrogens with zero attached hydrogens (tertiary/aromatic N) is 1. The summed E-state index contributed by atoms with van der Waals surface area (Å²) in [6.07, 6.45) is 3.40. The fourth-order valence-corrected chi connectivity index (χ4v) is 1.59. The van der Waals surface area contributed by atoms with Crippen LogP contribution in [-0.4, -0.2) is 24.0 Å². The van der Waals surface area contributed by atoms with Gasteiger partial charge in [-0.05, 0) is 43.8 Å². The quantitative estimate of drug-likeness (QED) is 0.363. The summed E-state index contributed by atoms with van der Waals surface area (Å²) in [4.78, 5) is 0. The van der Waals surface area contributed by atoms with Crippen LogP contribution in [0.5, 0.6) is 5.75 Å². The van der Waals surface area contributed by atoms with Gasteiger partial charge in [0.25, 0.3) is 0 Å². The van der Waals surface area contributed by atoms with Crippen molar-refractivity contribution in [2.45, 2.75) is 19.9 Å². The molecule has 0 atom stereocenters. The van der Waals surface area contributed by atoms with E-state index in [1.165, 1.54) is 0 Å². The second kappa shape index (κ2) is 8.26. The minimum Gasteiger partial charge on any atom is -0.490 e. The molecule has 0 saturated heterocycles. The van der Waals surface area contributed by atoms with Crippen LogP contribution in [0.1, 0.15) is 19.4 Å². The molecule has 0 aromatic heterocycles. The van der Waals surface area contributed by atoms with E-state index < -0.39 is 0 Å². The second-order valence-electron chi connectivity index (χ2n) is 4.17. The van der Waals surface area contributed by atoms with E-state index in [4.69, 9.17) is 17.0 Å². The van der Waals surface area contributed by atoms with Gasteiger partial charge in [-0.1, -0.05) is 24.8 Å². The molecular weight excluding hydrogens is 258 g/mol. The van der Waals surface area contributed by atoms with Gasteiger partial charge in [0, 0.05) is 6.04 Å². The summed E-state index contributed by atoms with van der Waals surface area (Å²) in [5.41, 5.74) is 3.69. The fourth-order valence-electron chi connectivity index (χ4n) is 1.30. The lowest BCUT2D eigenvalue weighted by Crippen LogP contribution is -2.36. The monoisotopic (exact) mass is 277 g/mol. The Morgan fingerprint density at radius 2 is 2.32 bits per heavy atom. The van der Waals surface area contributed by atoms with Gasteiger partial charge in [0.1, 0.15) is 12.4 Å². The Kier molecular flexibility index (Phi) is 6.60. The van der Waals surface area contributed by atoms with Gasteiger partial charge in [-0.15, -0.1) is 0 Å². The molecule has 0 aliphatic heterocycles. The van der Waals surface area contributed by atoms with Gasteiger partial charge in [0.05, 0.1) is 6.21 Å². The molecule has 0 amide bonds. The lowest BCUT2D eigenvalue weighted by atomic mass is 10.2. The molecule has 5 heteroatoms. The van der Waals surface area contributed by atoms with Crippen molar-refractivity contribution >= 4 is 23.5 Å². The van der Waals surface area contributed by atoms with E-state index in [2.05, 4.69) is 22.4 Å². The van der Waals surface area contributed by atoms with Crippen LogP contribution in [0.25, 0.3) is 0 Å². The molecule has 0 aliphatic carbocycles. The van der Waals surface area contributed by atoms with Crippen LogP contribution in [-0.2, 0) is 0 Å². The molecular formula is C14H19N3OS. The molecule has 1 aromatic carbocycles. The molecule has 0 spiro atoms. The zero-order valence-corrected chi connectivity index (χ0v) is 12.0. The predicted molar refractivity (Wildman–Crippen MR) is 83.7 cm³/mol. The summed E-state index contributed by atoms with van der Waals surface area (Å²) in [6.45, 7) is 8.12. The van der Waals surface area contributed by atoms with Crippen molar-refractivity contribution < 1.29 is 4.74 Å². The summed E-state index contributed by atoms with van der Waals surface area (Å²) >= 11 is 5.06. The third-order valence-electron chi connectivity index (χ3n) is 2.03. The largest absolute Gasteiger partial charge is 0.490 e. The number of thiocarbonyl (C=S) groups is 1. The first kappa shape index (κ1) is 15.2. The number of ether oxygens (including phenoxy) is 1. The van der Waals surface area contributed by atoms with Crippen LogP contribution < -0.4 is 15.5 Å². The Hall–Kier alpha value is -1.88. The molecule has 1 rings (SSSR count). The zero-order chi connectivity index (χ0) is 14.1. The topological polar surface area (TPSA) is 45.6 Å². The van der Waals surface area contributed by atoms with Gasteiger partial charge in [0.15, 0.2) is 5.11 Å². The first-order chi connectivity index (χ1) is 9.11. The van der Waals surface area contributed by atoms with Crippen LogP contribution in [0.3, 0.4) is 0 Å². The molecule has 19 heavy (non-hydrogen) atoms. The maximum absolute atomic E-state index is 5.44. The van der Waals surface area contributed by atoms with Crippen molar-refractivity contribution in [2.24, 2.45) is 5.10 Å². The number of nitrogens with one attached hydrogen (secondary N) is 2. The summed E-state index contributed by atoms with van der Waals surface area (Å²) in [5.74, 6) is 0.784. The average Bonchev–Trinajstić information content (AvgIpc) is 2.36. The second-order valence-corrected chi connectivity index (χ2v) is 4.58. The lowest BCUT2D eigenvalue weighted by Gasteiger charge is -2.09. The number of hydrogen-bond donors (Lipinski definition) is 2. The molecule has 102 valence electrons. The molecule has 2 N–H and O–H groups in total. The van der Waals surface area contributed by atoms with Gasteiger partial charge in [0.2, 0.25) is 0 Å². The van der Waals surface area contributed by atoms with Crippen molar-refractivity contribution in [1.29, 1.82) is 0 Å². The van der Waals surface area contributed by atoms with E-state index in [1.54, 1.807) is 12.3 Å². The minimum absolute atomic E-state index is 0.283. The van der Waals surface area contributed by atoms with Crippen LogP contribution in [0, 0.1) is 0 Å². The first-order valence-electron chi connectivity index (χ1n) is 6.05. The minimum atomic E-state index is 0.283. The number of hydrazone groups is 1. The molecule has 0 saturated carbocycles. The van der Waals surface area contributed by atoms with E-state index in [1.807, 2.05) is 38.1 Å². The highest BCUT2D eigenvalue weighted by Crippen LogP contribution is 2.11. The van der Waals surface area contributed by atoms with E-state index in [0.717, 1.165) is 11.3 Å². The summed E-state index contributed by atoms with van der Waals surface area (Å²) in [5, 5.41) is 7.61. The molecule has 0 radical (unpaired) electrons. The summed E-state index contributed by atoms with van der Waals surface area (Å²) < 4.78 is 5.44. The van der Waals surface area contributed by atoms with Crippen LogP contribution >= 0.6 is 12.2 Å². The Morgan fingerprint density at radius 1 is 1.53 bits per heavy atom. The summed E-state index contributed by atoms with van der Waals surface area (Å²) in [6, 6.07) is 7.91. The molecule has 0 unspecified atom stereocenters. The highest BCUT2D eigenvalue weighted by Gasteiger charge is 1.96. The highest BCUT2D eigenvalue weighted by molar-refractivity contribution is 7.80.